The van der Waals surface area contributed by atoms with Gasteiger partial charge in [-0.1, -0.05) is 0 Å². The van der Waals surface area contributed by atoms with E-state index in [4.69, 9.17) is 5.84 Å². The van der Waals surface area contributed by atoms with Crippen molar-refractivity contribution in [3.8, 4) is 0 Å². The normalized spacial score (nSPS) is 29.3. The number of rotatable bonds is 4. The minimum atomic E-state index is -0.614. The standard InChI is InChI=1S/C18H25FN6/c1-21-16(17-15-6-7-22-18(15)23-11-25(17)20)13-4-2-12(3-5-13)8-24-9-14(19)10-24/h6-7,11-14,22H,1-5,8-10,20H2/b17-16-/t12-,13-. The van der Waals surface area contributed by atoms with Gasteiger partial charge in [-0.05, 0) is 44.4 Å². The largest absolute Gasteiger partial charge is 0.346 e. The highest BCUT2D eigenvalue weighted by atomic mass is 19.1. The van der Waals surface area contributed by atoms with Crippen molar-refractivity contribution in [2.45, 2.75) is 31.9 Å². The Hall–Kier alpha value is -1.99. The lowest BCUT2D eigenvalue weighted by Gasteiger charge is -2.39. The van der Waals surface area contributed by atoms with Crippen LogP contribution in [0.2, 0.25) is 0 Å². The van der Waals surface area contributed by atoms with Crippen LogP contribution < -0.4 is 5.84 Å². The Kier molecular flexibility index (Phi) is 4.43. The maximum absolute atomic E-state index is 13.0. The molecule has 3 aliphatic rings. The second-order valence-corrected chi connectivity index (χ2v) is 7.32. The molecule has 1 saturated carbocycles. The Bertz CT molecular complexity index is 694. The molecule has 4 rings (SSSR count). The Morgan fingerprint density at radius 1 is 1.36 bits per heavy atom. The number of H-pyrrole nitrogens is 1. The molecule has 1 aromatic heterocycles. The van der Waals surface area contributed by atoms with E-state index in [1.165, 1.54) is 0 Å². The van der Waals surface area contributed by atoms with Gasteiger partial charge >= 0.3 is 0 Å². The van der Waals surface area contributed by atoms with Crippen LogP contribution in [0.15, 0.2) is 27.9 Å². The van der Waals surface area contributed by atoms with E-state index < -0.39 is 6.17 Å². The second-order valence-electron chi connectivity index (χ2n) is 7.32. The molecule has 1 saturated heterocycles. The van der Waals surface area contributed by atoms with Crippen molar-refractivity contribution in [3.63, 3.8) is 0 Å². The molecule has 2 fully saturated rings. The van der Waals surface area contributed by atoms with Gasteiger partial charge in [-0.25, -0.2) is 15.2 Å². The van der Waals surface area contributed by atoms with Crippen molar-refractivity contribution >= 4 is 24.6 Å². The first-order chi connectivity index (χ1) is 12.2. The lowest BCUT2D eigenvalue weighted by atomic mass is 9.79. The average molecular weight is 344 g/mol. The number of aliphatic imine (C=N–C) groups is 2. The zero-order chi connectivity index (χ0) is 17.4. The summed E-state index contributed by atoms with van der Waals surface area (Å²) in [6, 6.07) is 1.98. The van der Waals surface area contributed by atoms with Gasteiger partial charge in [0.15, 0.2) is 0 Å². The van der Waals surface area contributed by atoms with E-state index in [1.54, 1.807) is 11.3 Å². The summed E-state index contributed by atoms with van der Waals surface area (Å²) >= 11 is 0. The van der Waals surface area contributed by atoms with Crippen LogP contribution in [0.4, 0.5) is 10.2 Å². The fourth-order valence-electron chi connectivity index (χ4n) is 4.28. The molecule has 0 atom stereocenters. The van der Waals surface area contributed by atoms with Crippen LogP contribution in [0.25, 0.3) is 5.70 Å². The molecule has 0 unspecified atom stereocenters. The summed E-state index contributed by atoms with van der Waals surface area (Å²) in [5.41, 5.74) is 2.83. The number of hydrazine groups is 1. The van der Waals surface area contributed by atoms with Crippen molar-refractivity contribution in [2.24, 2.45) is 27.7 Å². The molecule has 7 heteroatoms. The molecular formula is C18H25FN6. The molecule has 1 aromatic rings. The van der Waals surface area contributed by atoms with E-state index >= 15 is 0 Å². The van der Waals surface area contributed by atoms with Crippen LogP contribution in [-0.2, 0) is 0 Å². The number of likely N-dealkylation sites (tertiary alicyclic amines) is 1. The molecule has 2 aliphatic heterocycles. The summed E-state index contributed by atoms with van der Waals surface area (Å²) in [5, 5.41) is 1.55. The van der Waals surface area contributed by atoms with Crippen LogP contribution in [-0.4, -0.2) is 53.8 Å². The number of hydrogen-bond donors (Lipinski definition) is 2. The van der Waals surface area contributed by atoms with Crippen molar-refractivity contribution in [1.82, 2.24) is 14.9 Å². The SMILES string of the molecule is C=N/C(=C1/c2cc[nH]c2N=CN1N)[C@H]1CC[C@H](CN2CC(F)C2)CC1. The first kappa shape index (κ1) is 16.5. The molecule has 0 aromatic carbocycles. The van der Waals surface area contributed by atoms with Crippen molar-refractivity contribution in [1.29, 1.82) is 0 Å². The molecule has 0 bridgehead atoms. The van der Waals surface area contributed by atoms with Crippen LogP contribution in [0.3, 0.4) is 0 Å². The first-order valence-electron chi connectivity index (χ1n) is 8.99. The number of fused-ring (bicyclic) bond motifs is 1. The topological polar surface area (TPSA) is 73.0 Å². The Morgan fingerprint density at radius 3 is 2.80 bits per heavy atom. The van der Waals surface area contributed by atoms with Gasteiger partial charge in [0.25, 0.3) is 0 Å². The van der Waals surface area contributed by atoms with Crippen LogP contribution in [0.1, 0.15) is 31.2 Å². The number of aromatic amines is 1. The highest BCUT2D eigenvalue weighted by molar-refractivity contribution is 5.87. The fourth-order valence-corrected chi connectivity index (χ4v) is 4.28. The summed E-state index contributed by atoms with van der Waals surface area (Å²) < 4.78 is 13.0. The van der Waals surface area contributed by atoms with E-state index in [-0.39, 0.29) is 0 Å². The smallest absolute Gasteiger partial charge is 0.141 e. The molecule has 3 N–H and O–H groups in total. The van der Waals surface area contributed by atoms with E-state index in [0.29, 0.717) is 24.9 Å². The van der Waals surface area contributed by atoms with Gasteiger partial charge < -0.3 is 4.98 Å². The number of nitrogens with two attached hydrogens (primary N) is 1. The van der Waals surface area contributed by atoms with Gasteiger partial charge in [-0.3, -0.25) is 14.9 Å². The highest BCUT2D eigenvalue weighted by Crippen LogP contribution is 2.40. The quantitative estimate of drug-likeness (QED) is 0.651. The summed E-state index contributed by atoms with van der Waals surface area (Å²) in [6.45, 7) is 6.06. The number of nitrogens with zero attached hydrogens (tertiary/aromatic N) is 4. The monoisotopic (exact) mass is 344 g/mol. The minimum absolute atomic E-state index is 0.356. The fraction of sp³-hybridized carbons (Fsp3) is 0.556. The lowest BCUT2D eigenvalue weighted by molar-refractivity contribution is 0.0440. The highest BCUT2D eigenvalue weighted by Gasteiger charge is 2.32. The van der Waals surface area contributed by atoms with Gasteiger partial charge in [0.1, 0.15) is 18.3 Å². The second kappa shape index (κ2) is 6.72. The number of hydrogen-bond acceptors (Lipinski definition) is 5. The van der Waals surface area contributed by atoms with Crippen LogP contribution in [0.5, 0.6) is 0 Å². The molecule has 6 nitrogen and oxygen atoms in total. The zero-order valence-electron chi connectivity index (χ0n) is 14.4. The van der Waals surface area contributed by atoms with E-state index in [9.17, 15) is 4.39 Å². The minimum Gasteiger partial charge on any atom is -0.346 e. The molecule has 0 radical (unpaired) electrons. The van der Waals surface area contributed by atoms with Gasteiger partial charge in [-0.2, -0.15) is 0 Å². The Labute approximate surface area is 147 Å². The van der Waals surface area contributed by atoms with Crippen molar-refractivity contribution < 1.29 is 4.39 Å². The summed E-state index contributed by atoms with van der Waals surface area (Å²) in [6.07, 6.45) is 7.29. The molecule has 0 spiro atoms. The average Bonchev–Trinajstić information content (AvgIpc) is 3.06. The van der Waals surface area contributed by atoms with E-state index in [0.717, 1.165) is 55.0 Å². The lowest BCUT2D eigenvalue weighted by Crippen LogP contribution is -2.50. The van der Waals surface area contributed by atoms with Crippen LogP contribution >= 0.6 is 0 Å². The summed E-state index contributed by atoms with van der Waals surface area (Å²) in [5.74, 6) is 7.97. The third kappa shape index (κ3) is 3.14. The van der Waals surface area contributed by atoms with Gasteiger partial charge in [0, 0.05) is 37.3 Å². The van der Waals surface area contributed by atoms with Crippen molar-refractivity contribution in [3.05, 3.63) is 23.5 Å². The molecule has 0 amide bonds. The van der Waals surface area contributed by atoms with Gasteiger partial charge in [-0.15, -0.1) is 0 Å². The maximum atomic E-state index is 13.0. The predicted molar refractivity (Wildman–Crippen MR) is 98.2 cm³/mol. The maximum Gasteiger partial charge on any atom is 0.141 e. The Morgan fingerprint density at radius 2 is 2.12 bits per heavy atom. The summed E-state index contributed by atoms with van der Waals surface area (Å²) in [7, 11) is 0. The van der Waals surface area contributed by atoms with Crippen molar-refractivity contribution in [2.75, 3.05) is 19.6 Å². The summed E-state index contributed by atoms with van der Waals surface area (Å²) in [4.78, 5) is 14.0. The Balaban J connectivity index is 1.47. The number of allylic oxidation sites excluding steroid dienone is 1. The third-order valence-corrected chi connectivity index (χ3v) is 5.63. The third-order valence-electron chi connectivity index (χ3n) is 5.63. The van der Waals surface area contributed by atoms with E-state index in [1.807, 2.05) is 12.3 Å². The molecule has 1 aliphatic carbocycles. The van der Waals surface area contributed by atoms with E-state index in [2.05, 4.69) is 26.6 Å². The molecule has 3 heterocycles. The predicted octanol–water partition coefficient (Wildman–Crippen LogP) is 2.69. The van der Waals surface area contributed by atoms with Crippen LogP contribution in [0, 0.1) is 11.8 Å². The van der Waals surface area contributed by atoms with Gasteiger partial charge in [0.05, 0.1) is 11.4 Å². The molecular weight excluding hydrogens is 319 g/mol. The molecule has 134 valence electrons. The number of alkyl halides is 1. The first-order valence-corrected chi connectivity index (χ1v) is 8.99. The number of aromatic nitrogens is 1. The number of halogens is 1. The van der Waals surface area contributed by atoms with Gasteiger partial charge in [0.2, 0.25) is 0 Å². The number of nitrogens with one attached hydrogen (secondary N) is 1. The molecule has 25 heavy (non-hydrogen) atoms. The zero-order valence-corrected chi connectivity index (χ0v) is 14.4.